The fourth-order valence-corrected chi connectivity index (χ4v) is 4.20. The third-order valence-corrected chi connectivity index (χ3v) is 5.37. The lowest BCUT2D eigenvalue weighted by atomic mass is 9.75. The molecule has 3 rings (SSSR count). The average Bonchev–Trinajstić information content (AvgIpc) is 2.79. The minimum atomic E-state index is -0.260. The van der Waals surface area contributed by atoms with Crippen molar-refractivity contribution in [1.29, 1.82) is 0 Å². The zero-order valence-electron chi connectivity index (χ0n) is 13.1. The Morgan fingerprint density at radius 2 is 2.00 bits per heavy atom. The van der Waals surface area contributed by atoms with Gasteiger partial charge < -0.3 is 9.67 Å². The van der Waals surface area contributed by atoms with Gasteiger partial charge in [0.25, 0.3) is 0 Å². The van der Waals surface area contributed by atoms with Crippen molar-refractivity contribution in [3.8, 4) is 0 Å². The van der Waals surface area contributed by atoms with Gasteiger partial charge in [-0.05, 0) is 36.7 Å². The normalized spacial score (nSPS) is 26.4. The summed E-state index contributed by atoms with van der Waals surface area (Å²) in [7, 11) is 0. The number of aromatic nitrogens is 1. The first-order chi connectivity index (χ1) is 9.55. The minimum Gasteiger partial charge on any atom is -0.388 e. The Morgan fingerprint density at radius 1 is 1.25 bits per heavy atom. The summed E-state index contributed by atoms with van der Waals surface area (Å²) in [5.74, 6) is 0.934. The van der Waals surface area contributed by atoms with Crippen LogP contribution in [0.3, 0.4) is 0 Å². The quantitative estimate of drug-likeness (QED) is 0.865. The first-order valence-corrected chi connectivity index (χ1v) is 8.41. The highest BCUT2D eigenvalue weighted by molar-refractivity contribution is 5.29. The summed E-state index contributed by atoms with van der Waals surface area (Å²) in [4.78, 5) is 0. The molecule has 1 saturated carbocycles. The number of hydrogen-bond acceptors (Lipinski definition) is 1. The predicted octanol–water partition coefficient (Wildman–Crippen LogP) is 4.46. The van der Waals surface area contributed by atoms with Gasteiger partial charge in [-0.1, -0.05) is 46.0 Å². The van der Waals surface area contributed by atoms with E-state index in [9.17, 15) is 5.11 Å². The molecule has 0 aliphatic heterocycles. The molecule has 1 unspecified atom stereocenters. The van der Waals surface area contributed by atoms with Gasteiger partial charge in [0, 0.05) is 24.0 Å². The number of aliphatic hydroxyl groups excluding tert-OH is 1. The van der Waals surface area contributed by atoms with E-state index in [0.29, 0.717) is 0 Å². The highest BCUT2D eigenvalue weighted by atomic mass is 16.3. The third-order valence-electron chi connectivity index (χ3n) is 5.37. The molecule has 0 bridgehead atoms. The van der Waals surface area contributed by atoms with Crippen molar-refractivity contribution in [3.63, 3.8) is 0 Å². The van der Waals surface area contributed by atoms with Crippen LogP contribution in [0, 0.1) is 11.3 Å². The molecule has 0 saturated heterocycles. The average molecular weight is 275 g/mol. The van der Waals surface area contributed by atoms with Crippen LogP contribution < -0.4 is 0 Å². The van der Waals surface area contributed by atoms with E-state index in [1.807, 2.05) is 0 Å². The van der Waals surface area contributed by atoms with Gasteiger partial charge in [0.15, 0.2) is 0 Å². The molecule has 1 fully saturated rings. The number of fused-ring (bicyclic) bond motifs is 1. The Morgan fingerprint density at radius 3 is 2.75 bits per heavy atom. The van der Waals surface area contributed by atoms with E-state index in [-0.39, 0.29) is 11.5 Å². The van der Waals surface area contributed by atoms with Crippen LogP contribution in [0.15, 0.2) is 12.3 Å². The molecule has 112 valence electrons. The van der Waals surface area contributed by atoms with Crippen molar-refractivity contribution >= 4 is 0 Å². The predicted molar refractivity (Wildman–Crippen MR) is 82.7 cm³/mol. The molecule has 2 aliphatic rings. The summed E-state index contributed by atoms with van der Waals surface area (Å²) in [5.41, 5.74) is 2.81. The largest absolute Gasteiger partial charge is 0.388 e. The first-order valence-electron chi connectivity index (χ1n) is 8.41. The zero-order chi connectivity index (χ0) is 14.2. The van der Waals surface area contributed by atoms with Crippen LogP contribution in [-0.2, 0) is 13.0 Å². The summed E-state index contributed by atoms with van der Waals surface area (Å²) in [5, 5.41) is 10.3. The molecule has 2 nitrogen and oxygen atoms in total. The number of rotatable bonds is 3. The standard InChI is InChI=1S/C18H29NO/c1-18(2)12-16-15(17(20)13-18)9-11-19(16)10-8-14-6-4-3-5-7-14/h9,11,14,17,20H,3-8,10,12-13H2,1-2H3. The van der Waals surface area contributed by atoms with Crippen molar-refractivity contribution < 1.29 is 5.11 Å². The van der Waals surface area contributed by atoms with Crippen LogP contribution in [0.2, 0.25) is 0 Å². The topological polar surface area (TPSA) is 25.2 Å². The van der Waals surface area contributed by atoms with Gasteiger partial charge in [-0.3, -0.25) is 0 Å². The molecular weight excluding hydrogens is 246 g/mol. The first kappa shape index (κ1) is 14.2. The minimum absolute atomic E-state index is 0.230. The molecular formula is C18H29NO. The van der Waals surface area contributed by atoms with Gasteiger partial charge in [-0.15, -0.1) is 0 Å². The van der Waals surface area contributed by atoms with Crippen molar-refractivity contribution in [2.45, 2.75) is 77.9 Å². The van der Waals surface area contributed by atoms with Gasteiger partial charge in [-0.25, -0.2) is 0 Å². The molecule has 2 aliphatic carbocycles. The lowest BCUT2D eigenvalue weighted by molar-refractivity contribution is 0.0978. The van der Waals surface area contributed by atoms with Crippen molar-refractivity contribution in [2.24, 2.45) is 11.3 Å². The van der Waals surface area contributed by atoms with Gasteiger partial charge in [0.2, 0.25) is 0 Å². The molecule has 1 N–H and O–H groups in total. The van der Waals surface area contributed by atoms with Crippen LogP contribution in [0.5, 0.6) is 0 Å². The maximum atomic E-state index is 10.3. The maximum Gasteiger partial charge on any atom is 0.0812 e. The number of aliphatic hydroxyl groups is 1. The summed E-state index contributed by atoms with van der Waals surface area (Å²) < 4.78 is 2.42. The summed E-state index contributed by atoms with van der Waals surface area (Å²) >= 11 is 0. The SMILES string of the molecule is CC1(C)Cc2c(ccn2CCC2CCCCC2)C(O)C1. The fourth-order valence-electron chi connectivity index (χ4n) is 4.20. The van der Waals surface area contributed by atoms with E-state index in [1.54, 1.807) is 0 Å². The molecule has 1 aromatic rings. The van der Waals surface area contributed by atoms with E-state index in [1.165, 1.54) is 49.8 Å². The van der Waals surface area contributed by atoms with Crippen LogP contribution in [0.1, 0.15) is 76.2 Å². The summed E-state index contributed by atoms with van der Waals surface area (Å²) in [6, 6.07) is 2.15. The highest BCUT2D eigenvalue weighted by Crippen LogP contribution is 2.41. The number of hydrogen-bond donors (Lipinski definition) is 1. The van der Waals surface area contributed by atoms with Crippen LogP contribution >= 0.6 is 0 Å². The Bertz CT molecular complexity index is 454. The van der Waals surface area contributed by atoms with E-state index >= 15 is 0 Å². The molecule has 1 heterocycles. The Hall–Kier alpha value is -0.760. The number of nitrogens with zero attached hydrogens (tertiary/aromatic N) is 1. The monoisotopic (exact) mass is 275 g/mol. The Kier molecular flexibility index (Phi) is 3.94. The third kappa shape index (κ3) is 2.95. The van der Waals surface area contributed by atoms with Gasteiger partial charge in [-0.2, -0.15) is 0 Å². The van der Waals surface area contributed by atoms with Crippen LogP contribution in [0.4, 0.5) is 0 Å². The van der Waals surface area contributed by atoms with Crippen molar-refractivity contribution in [1.82, 2.24) is 4.57 Å². The molecule has 0 radical (unpaired) electrons. The molecule has 1 atom stereocenters. The molecule has 2 heteroatoms. The number of aryl methyl sites for hydroxylation is 1. The van der Waals surface area contributed by atoms with Crippen molar-refractivity contribution in [3.05, 3.63) is 23.5 Å². The van der Waals surface area contributed by atoms with E-state index in [2.05, 4.69) is 30.7 Å². The van der Waals surface area contributed by atoms with Crippen molar-refractivity contribution in [2.75, 3.05) is 0 Å². The molecule has 20 heavy (non-hydrogen) atoms. The van der Waals surface area contributed by atoms with E-state index in [4.69, 9.17) is 0 Å². The molecule has 0 aromatic carbocycles. The lowest BCUT2D eigenvalue weighted by Gasteiger charge is -2.34. The Balaban J connectivity index is 1.69. The van der Waals surface area contributed by atoms with Gasteiger partial charge in [0.1, 0.15) is 0 Å². The second-order valence-corrected chi connectivity index (χ2v) is 7.76. The van der Waals surface area contributed by atoms with E-state index < -0.39 is 0 Å². The van der Waals surface area contributed by atoms with Crippen LogP contribution in [-0.4, -0.2) is 9.67 Å². The summed E-state index contributed by atoms with van der Waals surface area (Å²) in [6.45, 7) is 5.69. The van der Waals surface area contributed by atoms with Crippen LogP contribution in [0.25, 0.3) is 0 Å². The second kappa shape index (κ2) is 5.55. The summed E-state index contributed by atoms with van der Waals surface area (Å²) in [6.07, 6.45) is 12.4. The van der Waals surface area contributed by atoms with E-state index in [0.717, 1.165) is 25.3 Å². The lowest BCUT2D eigenvalue weighted by Crippen LogP contribution is -2.27. The molecule has 1 aromatic heterocycles. The zero-order valence-corrected chi connectivity index (χ0v) is 13.1. The highest BCUT2D eigenvalue weighted by Gasteiger charge is 2.33. The second-order valence-electron chi connectivity index (χ2n) is 7.76. The smallest absolute Gasteiger partial charge is 0.0812 e. The molecule has 0 amide bonds. The maximum absolute atomic E-state index is 10.3. The van der Waals surface area contributed by atoms with Gasteiger partial charge >= 0.3 is 0 Å². The Labute approximate surface area is 123 Å². The fraction of sp³-hybridized carbons (Fsp3) is 0.778. The van der Waals surface area contributed by atoms with Gasteiger partial charge in [0.05, 0.1) is 6.10 Å². The molecule has 0 spiro atoms.